The SMILES string of the molecule is CC(C)CC1(CNc2nc[nH]c(=O)c2I)CCCC1. The number of aromatic amines is 1. The predicted octanol–water partition coefficient (Wildman–Crippen LogP) is 3.39. The highest BCUT2D eigenvalue weighted by Crippen LogP contribution is 2.43. The van der Waals surface area contributed by atoms with Crippen LogP contribution in [0, 0.1) is 14.9 Å². The zero-order valence-electron chi connectivity index (χ0n) is 11.6. The van der Waals surface area contributed by atoms with Gasteiger partial charge in [0.1, 0.15) is 9.39 Å². The third-order valence-corrected chi connectivity index (χ3v) is 4.93. The third-order valence-electron chi connectivity index (χ3n) is 3.93. The van der Waals surface area contributed by atoms with Crippen molar-refractivity contribution in [3.8, 4) is 0 Å². The Morgan fingerprint density at radius 3 is 2.79 bits per heavy atom. The average molecular weight is 375 g/mol. The van der Waals surface area contributed by atoms with E-state index in [1.807, 2.05) is 0 Å². The molecule has 1 aromatic heterocycles. The minimum absolute atomic E-state index is 0.0672. The van der Waals surface area contributed by atoms with Gasteiger partial charge in [-0.15, -0.1) is 0 Å². The van der Waals surface area contributed by atoms with Crippen LogP contribution in [0.1, 0.15) is 46.0 Å². The van der Waals surface area contributed by atoms with Crippen LogP contribution >= 0.6 is 22.6 Å². The van der Waals surface area contributed by atoms with Crippen LogP contribution in [0.2, 0.25) is 0 Å². The maximum atomic E-state index is 11.6. The van der Waals surface area contributed by atoms with Crippen molar-refractivity contribution < 1.29 is 0 Å². The van der Waals surface area contributed by atoms with Crippen LogP contribution in [0.25, 0.3) is 0 Å². The fourth-order valence-corrected chi connectivity index (χ4v) is 3.71. The topological polar surface area (TPSA) is 57.8 Å². The average Bonchev–Trinajstić information content (AvgIpc) is 2.79. The molecular formula is C14H22IN3O. The first-order chi connectivity index (χ1) is 9.02. The van der Waals surface area contributed by atoms with Gasteiger partial charge in [-0.25, -0.2) is 4.98 Å². The Hall–Kier alpha value is -0.590. The Labute approximate surface area is 127 Å². The monoisotopic (exact) mass is 375 g/mol. The summed E-state index contributed by atoms with van der Waals surface area (Å²) in [5.74, 6) is 1.44. The van der Waals surface area contributed by atoms with E-state index in [1.165, 1.54) is 38.4 Å². The maximum Gasteiger partial charge on any atom is 0.266 e. The molecule has 1 saturated carbocycles. The number of anilines is 1. The lowest BCUT2D eigenvalue weighted by atomic mass is 9.78. The summed E-state index contributed by atoms with van der Waals surface area (Å²) < 4.78 is 0.651. The van der Waals surface area contributed by atoms with Gasteiger partial charge in [0.2, 0.25) is 0 Å². The second-order valence-corrected chi connectivity index (χ2v) is 7.13. The van der Waals surface area contributed by atoms with Gasteiger partial charge in [-0.1, -0.05) is 26.7 Å². The highest BCUT2D eigenvalue weighted by Gasteiger charge is 2.34. The van der Waals surface area contributed by atoms with Crippen molar-refractivity contribution >= 4 is 28.4 Å². The molecule has 106 valence electrons. The van der Waals surface area contributed by atoms with E-state index in [2.05, 4.69) is 51.7 Å². The van der Waals surface area contributed by atoms with Crippen LogP contribution in [-0.2, 0) is 0 Å². The number of aromatic nitrogens is 2. The molecule has 0 amide bonds. The van der Waals surface area contributed by atoms with Gasteiger partial charge in [0.25, 0.3) is 5.56 Å². The van der Waals surface area contributed by atoms with Crippen molar-refractivity contribution in [2.45, 2.75) is 46.0 Å². The number of halogens is 1. The van der Waals surface area contributed by atoms with Crippen LogP contribution in [0.15, 0.2) is 11.1 Å². The van der Waals surface area contributed by atoms with E-state index in [0.717, 1.165) is 12.4 Å². The summed E-state index contributed by atoms with van der Waals surface area (Å²) in [6, 6.07) is 0. The summed E-state index contributed by atoms with van der Waals surface area (Å²) in [6.45, 7) is 5.50. The summed E-state index contributed by atoms with van der Waals surface area (Å²) in [6.07, 6.45) is 7.95. The van der Waals surface area contributed by atoms with Crippen molar-refractivity contribution in [1.29, 1.82) is 0 Å². The molecule has 2 rings (SSSR count). The molecule has 1 aliphatic rings. The largest absolute Gasteiger partial charge is 0.368 e. The zero-order chi connectivity index (χ0) is 13.9. The predicted molar refractivity (Wildman–Crippen MR) is 86.4 cm³/mol. The lowest BCUT2D eigenvalue weighted by Crippen LogP contribution is -2.29. The fourth-order valence-electron chi connectivity index (χ4n) is 3.22. The van der Waals surface area contributed by atoms with E-state index in [0.29, 0.717) is 14.9 Å². The summed E-state index contributed by atoms with van der Waals surface area (Å²) in [5, 5.41) is 3.40. The number of hydrogen-bond acceptors (Lipinski definition) is 3. The summed E-state index contributed by atoms with van der Waals surface area (Å²) in [5.41, 5.74) is 0.323. The molecule has 0 saturated heterocycles. The number of nitrogens with zero attached hydrogens (tertiary/aromatic N) is 1. The molecule has 1 fully saturated rings. The van der Waals surface area contributed by atoms with Crippen LogP contribution in [0.5, 0.6) is 0 Å². The van der Waals surface area contributed by atoms with Gasteiger partial charge in [-0.05, 0) is 53.2 Å². The summed E-state index contributed by atoms with van der Waals surface area (Å²) >= 11 is 2.05. The molecule has 4 nitrogen and oxygen atoms in total. The lowest BCUT2D eigenvalue weighted by Gasteiger charge is -2.31. The van der Waals surface area contributed by atoms with E-state index >= 15 is 0 Å². The lowest BCUT2D eigenvalue weighted by molar-refractivity contribution is 0.252. The van der Waals surface area contributed by atoms with Crippen LogP contribution < -0.4 is 10.9 Å². The molecule has 1 aliphatic carbocycles. The van der Waals surface area contributed by atoms with Gasteiger partial charge < -0.3 is 10.3 Å². The molecule has 2 N–H and O–H groups in total. The van der Waals surface area contributed by atoms with Gasteiger partial charge >= 0.3 is 0 Å². The first kappa shape index (κ1) is 14.8. The number of hydrogen-bond donors (Lipinski definition) is 2. The van der Waals surface area contributed by atoms with E-state index < -0.39 is 0 Å². The van der Waals surface area contributed by atoms with E-state index in [-0.39, 0.29) is 5.56 Å². The highest BCUT2D eigenvalue weighted by molar-refractivity contribution is 14.1. The highest BCUT2D eigenvalue weighted by atomic mass is 127. The Kier molecular flexibility index (Phi) is 4.86. The van der Waals surface area contributed by atoms with Crippen molar-refractivity contribution in [2.24, 2.45) is 11.3 Å². The van der Waals surface area contributed by atoms with E-state index in [9.17, 15) is 4.79 Å². The van der Waals surface area contributed by atoms with E-state index in [4.69, 9.17) is 0 Å². The van der Waals surface area contributed by atoms with Crippen LogP contribution in [0.4, 0.5) is 5.82 Å². The number of rotatable bonds is 5. The molecule has 1 heterocycles. The van der Waals surface area contributed by atoms with Crippen molar-refractivity contribution in [3.05, 3.63) is 20.3 Å². The minimum atomic E-state index is -0.0672. The number of nitrogens with one attached hydrogen (secondary N) is 2. The number of H-pyrrole nitrogens is 1. The maximum absolute atomic E-state index is 11.6. The van der Waals surface area contributed by atoms with Crippen molar-refractivity contribution in [1.82, 2.24) is 9.97 Å². The van der Waals surface area contributed by atoms with Gasteiger partial charge in [-0.3, -0.25) is 4.79 Å². The molecule has 5 heteroatoms. The molecule has 0 radical (unpaired) electrons. The standard InChI is InChI=1S/C14H22IN3O/c1-10(2)7-14(5-3-4-6-14)8-16-12-11(15)13(19)18-9-17-12/h9-10H,3-8H2,1-2H3,(H2,16,17,18,19). The molecule has 0 spiro atoms. The third kappa shape index (κ3) is 3.70. The molecule has 0 aromatic carbocycles. The Balaban J connectivity index is 2.07. The van der Waals surface area contributed by atoms with Crippen LogP contribution in [0.3, 0.4) is 0 Å². The van der Waals surface area contributed by atoms with Gasteiger partial charge in [0, 0.05) is 6.54 Å². The zero-order valence-corrected chi connectivity index (χ0v) is 13.8. The quantitative estimate of drug-likeness (QED) is 0.776. The molecule has 0 atom stereocenters. The van der Waals surface area contributed by atoms with Gasteiger partial charge in [-0.2, -0.15) is 0 Å². The molecule has 19 heavy (non-hydrogen) atoms. The van der Waals surface area contributed by atoms with Gasteiger partial charge in [0.15, 0.2) is 0 Å². The summed E-state index contributed by atoms with van der Waals surface area (Å²) in [7, 11) is 0. The first-order valence-corrected chi connectivity index (χ1v) is 8.07. The molecule has 1 aromatic rings. The fraction of sp³-hybridized carbons (Fsp3) is 0.714. The minimum Gasteiger partial charge on any atom is -0.368 e. The van der Waals surface area contributed by atoms with Crippen molar-refractivity contribution in [3.63, 3.8) is 0 Å². The first-order valence-electron chi connectivity index (χ1n) is 6.99. The molecule has 0 unspecified atom stereocenters. The molecule has 0 bridgehead atoms. The molecule has 0 aliphatic heterocycles. The van der Waals surface area contributed by atoms with Crippen LogP contribution in [-0.4, -0.2) is 16.5 Å². The second-order valence-electron chi connectivity index (χ2n) is 6.05. The Morgan fingerprint density at radius 1 is 1.47 bits per heavy atom. The Bertz CT molecular complexity index is 478. The second kappa shape index (κ2) is 6.24. The summed E-state index contributed by atoms with van der Waals surface area (Å²) in [4.78, 5) is 18.4. The van der Waals surface area contributed by atoms with E-state index in [1.54, 1.807) is 0 Å². The van der Waals surface area contributed by atoms with Crippen molar-refractivity contribution in [2.75, 3.05) is 11.9 Å². The Morgan fingerprint density at radius 2 is 2.16 bits per heavy atom. The van der Waals surface area contributed by atoms with Gasteiger partial charge in [0.05, 0.1) is 6.33 Å². The normalized spacial score (nSPS) is 17.9. The molecular weight excluding hydrogens is 353 g/mol. The smallest absolute Gasteiger partial charge is 0.266 e.